The Balaban J connectivity index is 1.17. The van der Waals surface area contributed by atoms with Crippen LogP contribution in [-0.4, -0.2) is 67.7 Å². The SMILES string of the molecule is CN1C(=O)C(NC(=O)c2ncc(Cl)c(-c3cc(F)ccc3F)n2)COc2ccc(CN3CCn4ncnc4C3)cc21. The quantitative estimate of drug-likeness (QED) is 0.383. The fourth-order valence-corrected chi connectivity index (χ4v) is 5.01. The normalized spacial score (nSPS) is 16.9. The molecular weight excluding hydrogens is 558 g/mol. The van der Waals surface area contributed by atoms with Crippen molar-refractivity contribution in [2.24, 2.45) is 0 Å². The van der Waals surface area contributed by atoms with Gasteiger partial charge in [0.1, 0.15) is 42.2 Å². The molecule has 1 atom stereocenters. The molecule has 0 aliphatic carbocycles. The Morgan fingerprint density at radius 3 is 2.88 bits per heavy atom. The number of likely N-dealkylation sites (N-methyl/N-ethyl adjacent to an activating group) is 1. The summed E-state index contributed by atoms with van der Waals surface area (Å²) in [5.41, 5.74) is 1.17. The molecule has 0 bridgehead atoms. The molecule has 2 aromatic carbocycles. The lowest BCUT2D eigenvalue weighted by molar-refractivity contribution is -0.120. The van der Waals surface area contributed by atoms with E-state index in [0.29, 0.717) is 24.5 Å². The zero-order chi connectivity index (χ0) is 28.7. The third-order valence-corrected chi connectivity index (χ3v) is 7.23. The number of hydrogen-bond donors (Lipinski definition) is 1. The highest BCUT2D eigenvalue weighted by Crippen LogP contribution is 2.33. The largest absolute Gasteiger partial charge is 0.489 e. The number of nitrogens with zero attached hydrogens (tertiary/aromatic N) is 7. The van der Waals surface area contributed by atoms with Gasteiger partial charge in [0.2, 0.25) is 5.82 Å². The highest BCUT2D eigenvalue weighted by Gasteiger charge is 2.32. The first kappa shape index (κ1) is 26.7. The van der Waals surface area contributed by atoms with Gasteiger partial charge in [0, 0.05) is 25.7 Å². The molecule has 4 aromatic rings. The summed E-state index contributed by atoms with van der Waals surface area (Å²) in [5.74, 6) is -1.66. The van der Waals surface area contributed by atoms with Crippen LogP contribution in [0.5, 0.6) is 5.75 Å². The summed E-state index contributed by atoms with van der Waals surface area (Å²) in [6.45, 7) is 2.73. The van der Waals surface area contributed by atoms with Gasteiger partial charge in [-0.2, -0.15) is 5.10 Å². The Morgan fingerprint density at radius 1 is 1.17 bits per heavy atom. The van der Waals surface area contributed by atoms with E-state index in [9.17, 15) is 18.4 Å². The summed E-state index contributed by atoms with van der Waals surface area (Å²) in [6.07, 6.45) is 2.67. The van der Waals surface area contributed by atoms with Crippen molar-refractivity contribution >= 4 is 29.1 Å². The first-order valence-electron chi connectivity index (χ1n) is 12.7. The van der Waals surface area contributed by atoms with Gasteiger partial charge >= 0.3 is 0 Å². The number of aromatic nitrogens is 5. The summed E-state index contributed by atoms with van der Waals surface area (Å²) in [5, 5.41) is 6.72. The van der Waals surface area contributed by atoms with Crippen LogP contribution in [0, 0.1) is 11.6 Å². The molecule has 14 heteroatoms. The van der Waals surface area contributed by atoms with E-state index in [1.54, 1.807) is 19.4 Å². The maximum Gasteiger partial charge on any atom is 0.289 e. The standard InChI is InChI=1S/C27H23ClF2N8O3/c1-36-21-8-15(11-37-6-7-38-23(12-37)32-14-33-38)2-5-22(21)41-13-20(27(36)40)34-26(39)25-31-10-18(28)24(35-25)17-9-16(29)3-4-19(17)30/h2-5,8-10,14,20H,6-7,11-13H2,1H3,(H,34,39). The molecule has 0 radical (unpaired) electrons. The third-order valence-electron chi connectivity index (χ3n) is 6.95. The van der Waals surface area contributed by atoms with E-state index < -0.39 is 29.5 Å². The molecule has 41 heavy (non-hydrogen) atoms. The molecular formula is C27H23ClF2N8O3. The first-order valence-corrected chi connectivity index (χ1v) is 13.1. The molecule has 11 nitrogen and oxygen atoms in total. The number of carbonyl (C=O) groups is 2. The number of ether oxygens (including phenoxy) is 1. The molecule has 1 N–H and O–H groups in total. The zero-order valence-corrected chi connectivity index (χ0v) is 22.5. The van der Waals surface area contributed by atoms with Gasteiger partial charge in [0.15, 0.2) is 0 Å². The van der Waals surface area contributed by atoms with Crippen molar-refractivity contribution in [3.63, 3.8) is 0 Å². The predicted molar refractivity (Wildman–Crippen MR) is 143 cm³/mol. The Kier molecular flexibility index (Phi) is 7.05. The maximum atomic E-state index is 14.4. The molecule has 0 saturated heterocycles. The van der Waals surface area contributed by atoms with Crippen molar-refractivity contribution in [1.29, 1.82) is 0 Å². The number of anilines is 1. The fraction of sp³-hybridized carbons (Fsp3) is 0.259. The molecule has 2 aromatic heterocycles. The minimum atomic E-state index is -1.06. The van der Waals surface area contributed by atoms with Crippen molar-refractivity contribution in [2.75, 3.05) is 25.1 Å². The van der Waals surface area contributed by atoms with E-state index in [0.717, 1.165) is 48.9 Å². The monoisotopic (exact) mass is 580 g/mol. The Morgan fingerprint density at radius 2 is 2.02 bits per heavy atom. The fourth-order valence-electron chi connectivity index (χ4n) is 4.82. The molecule has 6 rings (SSSR count). The van der Waals surface area contributed by atoms with Crippen molar-refractivity contribution < 1.29 is 23.1 Å². The van der Waals surface area contributed by atoms with E-state index >= 15 is 0 Å². The van der Waals surface area contributed by atoms with Crippen LogP contribution in [-0.2, 0) is 24.4 Å². The number of carbonyl (C=O) groups excluding carboxylic acids is 2. The van der Waals surface area contributed by atoms with Gasteiger partial charge in [-0.15, -0.1) is 0 Å². The summed E-state index contributed by atoms with van der Waals surface area (Å²) >= 11 is 6.12. The highest BCUT2D eigenvalue weighted by molar-refractivity contribution is 6.33. The second kappa shape index (κ2) is 10.8. The summed E-state index contributed by atoms with van der Waals surface area (Å²) < 4.78 is 35.9. The van der Waals surface area contributed by atoms with E-state index in [1.807, 2.05) is 16.8 Å². The van der Waals surface area contributed by atoms with Crippen LogP contribution >= 0.6 is 11.6 Å². The number of hydrogen-bond acceptors (Lipinski definition) is 8. The van der Waals surface area contributed by atoms with Crippen molar-refractivity contribution in [2.45, 2.75) is 25.7 Å². The molecule has 1 unspecified atom stereocenters. The molecule has 2 aliphatic heterocycles. The van der Waals surface area contributed by atoms with Crippen molar-refractivity contribution in [3.8, 4) is 17.0 Å². The number of rotatable bonds is 5. The number of halogens is 3. The Hall–Kier alpha value is -4.49. The second-order valence-corrected chi connectivity index (χ2v) is 10.1. The van der Waals surface area contributed by atoms with Gasteiger partial charge in [-0.25, -0.2) is 28.4 Å². The number of benzene rings is 2. The molecule has 0 fully saturated rings. The van der Waals surface area contributed by atoms with Crippen LogP contribution in [0.2, 0.25) is 5.02 Å². The first-order chi connectivity index (χ1) is 19.8. The van der Waals surface area contributed by atoms with Crippen LogP contribution in [0.4, 0.5) is 14.5 Å². The smallest absolute Gasteiger partial charge is 0.289 e. The summed E-state index contributed by atoms with van der Waals surface area (Å²) in [7, 11) is 1.60. The minimum absolute atomic E-state index is 0.0719. The predicted octanol–water partition coefficient (Wildman–Crippen LogP) is 2.84. The summed E-state index contributed by atoms with van der Waals surface area (Å²) in [6, 6.07) is 7.37. The van der Waals surface area contributed by atoms with E-state index in [2.05, 4.69) is 30.3 Å². The Bertz CT molecular complexity index is 1670. The Labute approximate surface area is 237 Å². The molecule has 0 spiro atoms. The highest BCUT2D eigenvalue weighted by atomic mass is 35.5. The lowest BCUT2D eigenvalue weighted by Gasteiger charge is -2.27. The number of nitrogens with one attached hydrogen (secondary N) is 1. The lowest BCUT2D eigenvalue weighted by atomic mass is 10.1. The van der Waals surface area contributed by atoms with Gasteiger partial charge in [0.25, 0.3) is 11.8 Å². The second-order valence-electron chi connectivity index (χ2n) is 9.66. The van der Waals surface area contributed by atoms with Crippen LogP contribution in [0.1, 0.15) is 22.0 Å². The van der Waals surface area contributed by atoms with Crippen LogP contribution in [0.25, 0.3) is 11.3 Å². The average Bonchev–Trinajstić information content (AvgIpc) is 3.40. The van der Waals surface area contributed by atoms with Crippen LogP contribution in [0.3, 0.4) is 0 Å². The molecule has 0 saturated carbocycles. The van der Waals surface area contributed by atoms with Gasteiger partial charge in [-0.3, -0.25) is 14.5 Å². The average molecular weight is 581 g/mol. The summed E-state index contributed by atoms with van der Waals surface area (Å²) in [4.78, 5) is 42.3. The van der Waals surface area contributed by atoms with Gasteiger partial charge in [-0.1, -0.05) is 17.7 Å². The number of fused-ring (bicyclic) bond motifs is 2. The lowest BCUT2D eigenvalue weighted by Crippen LogP contribution is -2.49. The van der Waals surface area contributed by atoms with E-state index in [-0.39, 0.29) is 28.7 Å². The topological polar surface area (TPSA) is 118 Å². The van der Waals surface area contributed by atoms with Crippen molar-refractivity contribution in [3.05, 3.63) is 82.8 Å². The molecule has 4 heterocycles. The van der Waals surface area contributed by atoms with E-state index in [4.69, 9.17) is 16.3 Å². The molecule has 2 amide bonds. The molecule has 210 valence electrons. The van der Waals surface area contributed by atoms with Gasteiger partial charge in [0.05, 0.1) is 35.7 Å². The third kappa shape index (κ3) is 5.33. The van der Waals surface area contributed by atoms with Gasteiger partial charge in [-0.05, 0) is 35.9 Å². The van der Waals surface area contributed by atoms with E-state index in [1.165, 1.54) is 4.90 Å². The maximum absolute atomic E-state index is 14.4. The van der Waals surface area contributed by atoms with Crippen LogP contribution < -0.4 is 15.0 Å². The zero-order valence-electron chi connectivity index (χ0n) is 21.7. The van der Waals surface area contributed by atoms with Gasteiger partial charge < -0.3 is 15.0 Å². The number of amides is 2. The van der Waals surface area contributed by atoms with Crippen LogP contribution in [0.15, 0.2) is 48.9 Å². The molecule has 2 aliphatic rings. The van der Waals surface area contributed by atoms with Crippen molar-refractivity contribution in [1.82, 2.24) is 34.9 Å². The minimum Gasteiger partial charge on any atom is -0.489 e.